The fourth-order valence-corrected chi connectivity index (χ4v) is 4.32. The third-order valence-corrected chi connectivity index (χ3v) is 6.38. The van der Waals surface area contributed by atoms with Gasteiger partial charge in [0.1, 0.15) is 42.7 Å². The summed E-state index contributed by atoms with van der Waals surface area (Å²) in [5.41, 5.74) is 23.8. The zero-order valence-corrected chi connectivity index (χ0v) is 17.5. The molecule has 0 aromatic heterocycles. The SMILES string of the molecule is NC[C@H]1O[C@@H](OC2CC(O)[C@H](N)CC(N)[C@H]2O[C@H]2OC(CO)[C@@H](O)C(O)C2N)C(O)C1O. The molecule has 0 spiro atoms. The molecule has 0 aromatic carbocycles. The molecule has 188 valence electrons. The summed E-state index contributed by atoms with van der Waals surface area (Å²) in [5.74, 6) is 0. The molecule has 14 nitrogen and oxygen atoms in total. The predicted octanol–water partition coefficient (Wildman–Crippen LogP) is -6.26. The average Bonchev–Trinajstić information content (AvgIpc) is 2.98. The summed E-state index contributed by atoms with van der Waals surface area (Å²) >= 11 is 0. The Kier molecular flexibility index (Phi) is 8.79. The fraction of sp³-hybridized carbons (Fsp3) is 1.00. The second-order valence-corrected chi connectivity index (χ2v) is 8.69. The Morgan fingerprint density at radius 2 is 1.38 bits per heavy atom. The van der Waals surface area contributed by atoms with E-state index in [2.05, 4.69) is 0 Å². The summed E-state index contributed by atoms with van der Waals surface area (Å²) in [6, 6.07) is -2.66. The molecule has 2 heterocycles. The van der Waals surface area contributed by atoms with Crippen molar-refractivity contribution in [3.05, 3.63) is 0 Å². The Morgan fingerprint density at radius 3 is 1.97 bits per heavy atom. The quantitative estimate of drug-likeness (QED) is 0.163. The maximum absolute atomic E-state index is 10.4. The molecule has 0 amide bonds. The molecule has 2 aliphatic heterocycles. The molecule has 3 rings (SSSR count). The average molecular weight is 469 g/mol. The van der Waals surface area contributed by atoms with E-state index in [0.29, 0.717) is 0 Å². The van der Waals surface area contributed by atoms with Crippen LogP contribution in [0, 0.1) is 0 Å². The fourth-order valence-electron chi connectivity index (χ4n) is 4.32. The van der Waals surface area contributed by atoms with Crippen molar-refractivity contribution in [1.82, 2.24) is 0 Å². The van der Waals surface area contributed by atoms with Crippen molar-refractivity contribution in [2.24, 2.45) is 22.9 Å². The Labute approximate surface area is 185 Å². The number of hydrogen-bond acceptors (Lipinski definition) is 14. The van der Waals surface area contributed by atoms with E-state index in [1.165, 1.54) is 0 Å². The number of aliphatic hydroxyl groups is 6. The van der Waals surface area contributed by atoms with Gasteiger partial charge in [0.15, 0.2) is 12.6 Å². The van der Waals surface area contributed by atoms with Crippen LogP contribution < -0.4 is 22.9 Å². The van der Waals surface area contributed by atoms with Crippen LogP contribution in [0.15, 0.2) is 0 Å². The summed E-state index contributed by atoms with van der Waals surface area (Å²) < 4.78 is 22.8. The zero-order chi connectivity index (χ0) is 23.7. The molecule has 3 aliphatic rings. The normalized spacial score (nSPS) is 52.7. The largest absolute Gasteiger partial charge is 0.394 e. The lowest BCUT2D eigenvalue weighted by atomic mass is 9.97. The molecule has 0 bridgehead atoms. The van der Waals surface area contributed by atoms with E-state index in [0.717, 1.165) is 0 Å². The van der Waals surface area contributed by atoms with E-state index in [1.807, 2.05) is 0 Å². The first-order chi connectivity index (χ1) is 15.1. The standard InChI is InChI=1S/C18H36N4O10/c19-3-9-12(25)15(28)18(30-9)29-8-2-7(24)5(20)1-6(21)16(8)32-17-11(22)14(27)13(26)10(4-23)31-17/h5-18,23-28H,1-4,19-22H2/t5-,6?,7?,8?,9-,10?,11?,12?,13-,14?,15?,16-,17-,18-/m1/s1. The van der Waals surface area contributed by atoms with Gasteiger partial charge in [-0.25, -0.2) is 0 Å². The van der Waals surface area contributed by atoms with Gasteiger partial charge in [-0.05, 0) is 6.42 Å². The summed E-state index contributed by atoms with van der Waals surface area (Å²) in [6.45, 7) is -0.644. The van der Waals surface area contributed by atoms with Crippen molar-refractivity contribution in [2.45, 2.75) is 98.5 Å². The van der Waals surface area contributed by atoms with E-state index in [-0.39, 0.29) is 19.4 Å². The van der Waals surface area contributed by atoms with Crippen molar-refractivity contribution in [3.8, 4) is 0 Å². The van der Waals surface area contributed by atoms with E-state index in [4.69, 9.17) is 41.9 Å². The van der Waals surface area contributed by atoms with Gasteiger partial charge in [0, 0.05) is 25.0 Å². The van der Waals surface area contributed by atoms with Crippen molar-refractivity contribution in [2.75, 3.05) is 13.2 Å². The molecule has 8 unspecified atom stereocenters. The predicted molar refractivity (Wildman–Crippen MR) is 106 cm³/mol. The topological polar surface area (TPSA) is 262 Å². The minimum atomic E-state index is -1.44. The minimum Gasteiger partial charge on any atom is -0.394 e. The van der Waals surface area contributed by atoms with E-state index in [1.54, 1.807) is 0 Å². The van der Waals surface area contributed by atoms with Crippen molar-refractivity contribution in [1.29, 1.82) is 0 Å². The van der Waals surface area contributed by atoms with Gasteiger partial charge in [-0.15, -0.1) is 0 Å². The zero-order valence-electron chi connectivity index (χ0n) is 17.5. The maximum Gasteiger partial charge on any atom is 0.187 e. The Hall–Kier alpha value is -0.560. The lowest BCUT2D eigenvalue weighted by Gasteiger charge is -2.43. The molecular formula is C18H36N4O10. The number of ether oxygens (including phenoxy) is 4. The highest BCUT2D eigenvalue weighted by molar-refractivity contribution is 4.97. The highest BCUT2D eigenvalue weighted by Gasteiger charge is 2.49. The van der Waals surface area contributed by atoms with Gasteiger partial charge in [0.25, 0.3) is 0 Å². The van der Waals surface area contributed by atoms with Crippen LogP contribution in [-0.4, -0.2) is 129 Å². The molecule has 14 atom stereocenters. The van der Waals surface area contributed by atoms with Gasteiger partial charge in [-0.1, -0.05) is 0 Å². The van der Waals surface area contributed by atoms with Gasteiger partial charge in [0.2, 0.25) is 0 Å². The number of nitrogens with two attached hydrogens (primary N) is 4. The van der Waals surface area contributed by atoms with E-state index >= 15 is 0 Å². The lowest BCUT2D eigenvalue weighted by molar-refractivity contribution is -0.298. The van der Waals surface area contributed by atoms with Crippen LogP contribution in [0.1, 0.15) is 12.8 Å². The van der Waals surface area contributed by atoms with Gasteiger partial charge in [0.05, 0.1) is 24.9 Å². The van der Waals surface area contributed by atoms with Gasteiger partial charge >= 0.3 is 0 Å². The van der Waals surface area contributed by atoms with Crippen LogP contribution in [-0.2, 0) is 18.9 Å². The van der Waals surface area contributed by atoms with Crippen LogP contribution in [0.5, 0.6) is 0 Å². The Balaban J connectivity index is 1.80. The monoisotopic (exact) mass is 468 g/mol. The molecule has 1 saturated carbocycles. The third kappa shape index (κ3) is 5.24. The van der Waals surface area contributed by atoms with Gasteiger partial charge in [-0.3, -0.25) is 0 Å². The summed E-state index contributed by atoms with van der Waals surface area (Å²) in [4.78, 5) is 0. The molecule has 2 saturated heterocycles. The number of aliphatic hydroxyl groups excluding tert-OH is 6. The van der Waals surface area contributed by atoms with Crippen LogP contribution >= 0.6 is 0 Å². The smallest absolute Gasteiger partial charge is 0.187 e. The molecule has 3 fully saturated rings. The molecule has 14 N–H and O–H groups in total. The number of rotatable bonds is 6. The van der Waals surface area contributed by atoms with E-state index < -0.39 is 92.2 Å². The molecule has 32 heavy (non-hydrogen) atoms. The first kappa shape index (κ1) is 26.1. The minimum absolute atomic E-state index is 0.0495. The first-order valence-corrected chi connectivity index (χ1v) is 10.7. The molecule has 0 radical (unpaired) electrons. The van der Waals surface area contributed by atoms with Crippen LogP contribution in [0.2, 0.25) is 0 Å². The summed E-state index contributed by atoms with van der Waals surface area (Å²) in [7, 11) is 0. The van der Waals surface area contributed by atoms with Crippen LogP contribution in [0.25, 0.3) is 0 Å². The van der Waals surface area contributed by atoms with Crippen molar-refractivity contribution >= 4 is 0 Å². The summed E-state index contributed by atoms with van der Waals surface area (Å²) in [5, 5.41) is 60.4. The first-order valence-electron chi connectivity index (χ1n) is 10.7. The second-order valence-electron chi connectivity index (χ2n) is 8.69. The number of hydrogen-bond donors (Lipinski definition) is 10. The molecule has 0 aromatic rings. The summed E-state index contributed by atoms with van der Waals surface area (Å²) in [6.07, 6.45) is -13.0. The third-order valence-electron chi connectivity index (χ3n) is 6.38. The maximum atomic E-state index is 10.4. The Bertz CT molecular complexity index is 606. The highest BCUT2D eigenvalue weighted by atomic mass is 16.7. The lowest BCUT2D eigenvalue weighted by Crippen LogP contribution is -2.64. The van der Waals surface area contributed by atoms with Gasteiger partial charge < -0.3 is 72.5 Å². The second kappa shape index (κ2) is 10.8. The Morgan fingerprint density at radius 1 is 0.750 bits per heavy atom. The molecular weight excluding hydrogens is 432 g/mol. The van der Waals surface area contributed by atoms with Crippen molar-refractivity contribution in [3.63, 3.8) is 0 Å². The molecule has 14 heteroatoms. The van der Waals surface area contributed by atoms with Gasteiger partial charge in [-0.2, -0.15) is 0 Å². The van der Waals surface area contributed by atoms with Crippen LogP contribution in [0.4, 0.5) is 0 Å². The van der Waals surface area contributed by atoms with E-state index in [9.17, 15) is 30.6 Å². The van der Waals surface area contributed by atoms with Crippen molar-refractivity contribution < 1.29 is 49.6 Å². The highest BCUT2D eigenvalue weighted by Crippen LogP contribution is 2.31. The molecule has 1 aliphatic carbocycles. The van der Waals surface area contributed by atoms with Crippen LogP contribution in [0.3, 0.4) is 0 Å².